The third-order valence-electron chi connectivity index (χ3n) is 4.95. The molecule has 2 amide bonds. The topological polar surface area (TPSA) is 113 Å². The largest absolute Gasteiger partial charge is 0.481 e. The van der Waals surface area contributed by atoms with Crippen LogP contribution in [-0.4, -0.2) is 28.9 Å². The van der Waals surface area contributed by atoms with Gasteiger partial charge in [0.2, 0.25) is 11.8 Å². The Labute approximate surface area is 163 Å². The summed E-state index contributed by atoms with van der Waals surface area (Å²) in [6.07, 6.45) is 0.630. The fourth-order valence-corrected chi connectivity index (χ4v) is 3.73. The number of aliphatic carboxylic acids is 1. The maximum Gasteiger partial charge on any atom is 0.307 e. The van der Waals surface area contributed by atoms with Crippen molar-refractivity contribution in [2.24, 2.45) is 5.73 Å². The number of carboxylic acid groups (broad SMARTS) is 1. The Morgan fingerprint density at radius 2 is 1.86 bits per heavy atom. The molecule has 0 radical (unpaired) electrons. The van der Waals surface area contributed by atoms with Gasteiger partial charge in [-0.25, -0.2) is 0 Å². The van der Waals surface area contributed by atoms with Crippen molar-refractivity contribution in [3.05, 3.63) is 59.2 Å². The molecule has 3 rings (SSSR count). The van der Waals surface area contributed by atoms with Gasteiger partial charge in [0, 0.05) is 29.9 Å². The lowest BCUT2D eigenvalue weighted by molar-refractivity contribution is -0.136. The van der Waals surface area contributed by atoms with Crippen LogP contribution in [0.15, 0.2) is 42.5 Å². The number of amides is 2. The number of hydrogen-bond donors (Lipinski definition) is 3. The van der Waals surface area contributed by atoms with Crippen LogP contribution < -0.4 is 16.0 Å². The number of carboxylic acids is 1. The van der Waals surface area contributed by atoms with E-state index in [-0.39, 0.29) is 24.4 Å². The Kier molecular flexibility index (Phi) is 5.35. The molecule has 7 heteroatoms. The van der Waals surface area contributed by atoms with Crippen LogP contribution in [0.4, 0.5) is 11.4 Å². The Bertz CT molecular complexity index is 924. The lowest BCUT2D eigenvalue weighted by atomic mass is 9.90. The highest BCUT2D eigenvalue weighted by Crippen LogP contribution is 2.39. The molecule has 0 bridgehead atoms. The molecular weight excluding hydrogens is 358 g/mol. The first-order chi connectivity index (χ1) is 13.3. The lowest BCUT2D eigenvalue weighted by Crippen LogP contribution is -2.43. The molecule has 0 aliphatic carbocycles. The van der Waals surface area contributed by atoms with Gasteiger partial charge in [-0.05, 0) is 54.8 Å². The highest BCUT2D eigenvalue weighted by atomic mass is 16.4. The van der Waals surface area contributed by atoms with Crippen LogP contribution in [0.3, 0.4) is 0 Å². The predicted molar refractivity (Wildman–Crippen MR) is 106 cm³/mol. The maximum absolute atomic E-state index is 12.1. The van der Waals surface area contributed by atoms with Gasteiger partial charge in [0.1, 0.15) is 0 Å². The third kappa shape index (κ3) is 3.98. The van der Waals surface area contributed by atoms with E-state index in [1.54, 1.807) is 35.2 Å². The zero-order chi connectivity index (χ0) is 20.4. The van der Waals surface area contributed by atoms with Gasteiger partial charge in [-0.15, -0.1) is 0 Å². The van der Waals surface area contributed by atoms with Gasteiger partial charge in [0.25, 0.3) is 0 Å². The molecule has 1 aliphatic heterocycles. The van der Waals surface area contributed by atoms with Crippen LogP contribution in [0.1, 0.15) is 47.8 Å². The van der Waals surface area contributed by atoms with E-state index >= 15 is 0 Å². The van der Waals surface area contributed by atoms with E-state index in [1.165, 1.54) is 6.92 Å². The summed E-state index contributed by atoms with van der Waals surface area (Å²) in [6, 6.07) is 12.2. The molecule has 0 aromatic heterocycles. The summed E-state index contributed by atoms with van der Waals surface area (Å²) < 4.78 is 0. The van der Waals surface area contributed by atoms with Crippen molar-refractivity contribution in [2.75, 3.05) is 10.2 Å². The first-order valence-electron chi connectivity index (χ1n) is 9.07. The quantitative estimate of drug-likeness (QED) is 0.737. The molecule has 0 saturated heterocycles. The number of fused-ring (bicyclic) bond motifs is 1. The van der Waals surface area contributed by atoms with Crippen molar-refractivity contribution in [3.63, 3.8) is 0 Å². The number of nitrogens with two attached hydrogens (primary N) is 1. The Balaban J connectivity index is 1.94. The van der Waals surface area contributed by atoms with Gasteiger partial charge < -0.3 is 21.1 Å². The number of carbonyl (C=O) groups excluding carboxylic acids is 2. The average molecular weight is 381 g/mol. The van der Waals surface area contributed by atoms with Crippen molar-refractivity contribution in [1.29, 1.82) is 0 Å². The second kappa shape index (κ2) is 7.72. The summed E-state index contributed by atoms with van der Waals surface area (Å²) in [7, 11) is 0. The van der Waals surface area contributed by atoms with Crippen LogP contribution >= 0.6 is 0 Å². The van der Waals surface area contributed by atoms with E-state index in [4.69, 9.17) is 10.8 Å². The van der Waals surface area contributed by atoms with Crippen molar-refractivity contribution in [1.82, 2.24) is 0 Å². The fraction of sp³-hybridized carbons (Fsp3) is 0.286. The normalized spacial score (nSPS) is 18.3. The minimum absolute atomic E-state index is 0.0202. The average Bonchev–Trinajstić information content (AvgIpc) is 2.62. The minimum atomic E-state index is -0.876. The summed E-state index contributed by atoms with van der Waals surface area (Å²) in [4.78, 5) is 36.3. The van der Waals surface area contributed by atoms with Crippen LogP contribution in [0, 0.1) is 0 Å². The predicted octanol–water partition coefficient (Wildman–Crippen LogP) is 2.71. The summed E-state index contributed by atoms with van der Waals surface area (Å²) in [5.41, 5.74) is 8.97. The number of carbonyl (C=O) groups is 3. The van der Waals surface area contributed by atoms with Gasteiger partial charge in [-0.1, -0.05) is 12.1 Å². The molecular formula is C21H23N3O4. The zero-order valence-electron chi connectivity index (χ0n) is 15.8. The second-order valence-corrected chi connectivity index (χ2v) is 7.08. The van der Waals surface area contributed by atoms with Crippen LogP contribution in [-0.2, 0) is 16.0 Å². The zero-order valence-corrected chi connectivity index (χ0v) is 15.8. The Morgan fingerprint density at radius 3 is 2.43 bits per heavy atom. The summed E-state index contributed by atoms with van der Waals surface area (Å²) >= 11 is 0. The highest BCUT2D eigenvalue weighted by molar-refractivity contribution is 5.97. The van der Waals surface area contributed by atoms with Gasteiger partial charge in [0.05, 0.1) is 12.5 Å². The minimum Gasteiger partial charge on any atom is -0.481 e. The van der Waals surface area contributed by atoms with Crippen LogP contribution in [0.25, 0.3) is 0 Å². The number of primary amides is 1. The van der Waals surface area contributed by atoms with Crippen molar-refractivity contribution < 1.29 is 19.5 Å². The molecule has 28 heavy (non-hydrogen) atoms. The van der Waals surface area contributed by atoms with Crippen molar-refractivity contribution in [2.45, 2.75) is 38.8 Å². The van der Waals surface area contributed by atoms with Gasteiger partial charge in [0.15, 0.2) is 0 Å². The number of nitrogens with one attached hydrogen (secondary N) is 1. The Morgan fingerprint density at radius 1 is 1.18 bits per heavy atom. The molecule has 2 unspecified atom stereocenters. The molecule has 0 fully saturated rings. The van der Waals surface area contributed by atoms with E-state index in [1.807, 2.05) is 19.1 Å². The number of benzene rings is 2. The molecule has 1 aliphatic rings. The first kappa shape index (κ1) is 19.4. The number of hydrogen-bond acceptors (Lipinski definition) is 4. The molecule has 2 aromatic carbocycles. The van der Waals surface area contributed by atoms with E-state index < -0.39 is 11.9 Å². The monoisotopic (exact) mass is 381 g/mol. The van der Waals surface area contributed by atoms with Gasteiger partial charge >= 0.3 is 5.97 Å². The number of rotatable bonds is 5. The molecule has 146 valence electrons. The molecule has 4 N–H and O–H groups in total. The van der Waals surface area contributed by atoms with Crippen molar-refractivity contribution >= 4 is 29.2 Å². The van der Waals surface area contributed by atoms with E-state index in [9.17, 15) is 14.4 Å². The van der Waals surface area contributed by atoms with Crippen LogP contribution in [0.5, 0.6) is 0 Å². The standard InChI is InChI=1S/C21H23N3O4/c1-12-9-18(23-16-6-3-14(4-7-16)10-20(26)27)17-11-15(21(22)28)5-8-19(17)24(12)13(2)25/h3-8,11-12,18,23H,9-10H2,1-2H3,(H2,22,28)(H,26,27). The smallest absolute Gasteiger partial charge is 0.307 e. The van der Waals surface area contributed by atoms with Gasteiger partial charge in [-0.2, -0.15) is 0 Å². The summed E-state index contributed by atoms with van der Waals surface area (Å²) in [5, 5.41) is 12.3. The van der Waals surface area contributed by atoms with E-state index in [0.717, 1.165) is 16.9 Å². The van der Waals surface area contributed by atoms with Crippen LogP contribution in [0.2, 0.25) is 0 Å². The summed E-state index contributed by atoms with van der Waals surface area (Å²) in [6.45, 7) is 3.51. The SMILES string of the molecule is CC(=O)N1c2ccc(C(N)=O)cc2C(Nc2ccc(CC(=O)O)cc2)CC1C. The van der Waals surface area contributed by atoms with Gasteiger partial charge in [-0.3, -0.25) is 14.4 Å². The third-order valence-corrected chi connectivity index (χ3v) is 4.95. The summed E-state index contributed by atoms with van der Waals surface area (Å²) in [5.74, 6) is -1.45. The molecule has 0 saturated carbocycles. The number of nitrogens with zero attached hydrogens (tertiary/aromatic N) is 1. The Hall–Kier alpha value is -3.35. The molecule has 7 nitrogen and oxygen atoms in total. The fourth-order valence-electron chi connectivity index (χ4n) is 3.73. The highest BCUT2D eigenvalue weighted by Gasteiger charge is 2.32. The van der Waals surface area contributed by atoms with Crippen molar-refractivity contribution in [3.8, 4) is 0 Å². The number of anilines is 2. The molecule has 2 atom stereocenters. The molecule has 2 aromatic rings. The first-order valence-corrected chi connectivity index (χ1v) is 9.07. The second-order valence-electron chi connectivity index (χ2n) is 7.08. The van der Waals surface area contributed by atoms with E-state index in [0.29, 0.717) is 17.5 Å². The molecule has 1 heterocycles. The molecule has 0 spiro atoms. The van der Waals surface area contributed by atoms with E-state index in [2.05, 4.69) is 5.32 Å². The lowest BCUT2D eigenvalue weighted by Gasteiger charge is -2.39. The maximum atomic E-state index is 12.1.